The Morgan fingerprint density at radius 1 is 1.07 bits per heavy atom. The largest absolute Gasteiger partial charge is 0.350 e. The second kappa shape index (κ2) is 8.15. The summed E-state index contributed by atoms with van der Waals surface area (Å²) in [5.74, 6) is 0. The Hall–Kier alpha value is -3.65. The van der Waals surface area contributed by atoms with Crippen molar-refractivity contribution in [1.82, 2.24) is 24.5 Å². The van der Waals surface area contributed by atoms with Gasteiger partial charge in [0.2, 0.25) is 0 Å². The van der Waals surface area contributed by atoms with Gasteiger partial charge in [0.25, 0.3) is 0 Å². The molecular weight excluding hydrogens is 392 g/mol. The first kappa shape index (κ1) is 18.7. The fourth-order valence-electron chi connectivity index (χ4n) is 2.86. The van der Waals surface area contributed by atoms with E-state index in [9.17, 15) is 9.59 Å². The summed E-state index contributed by atoms with van der Waals surface area (Å²) in [7, 11) is 0. The number of benzene rings is 1. The molecule has 4 aromatic rings. The Kier molecular flexibility index (Phi) is 5.26. The number of aromatic nitrogens is 4. The molecule has 0 saturated carbocycles. The molecule has 146 valence electrons. The highest BCUT2D eigenvalue weighted by atomic mass is 35.5. The molecule has 3 heterocycles. The number of rotatable bonds is 5. The molecule has 4 rings (SSSR count). The van der Waals surface area contributed by atoms with Crippen molar-refractivity contribution >= 4 is 29.0 Å². The minimum Gasteiger partial charge on any atom is -0.334 e. The van der Waals surface area contributed by atoms with E-state index < -0.39 is 0 Å². The Morgan fingerprint density at radius 3 is 2.76 bits per heavy atom. The molecule has 0 aliphatic rings. The second-order valence-corrected chi connectivity index (χ2v) is 6.75. The fraction of sp³-hybridized carbons (Fsp3) is 0.100. The van der Waals surface area contributed by atoms with Crippen molar-refractivity contribution in [3.05, 3.63) is 93.8 Å². The molecule has 1 aromatic carbocycles. The summed E-state index contributed by atoms with van der Waals surface area (Å²) < 4.78 is 2.88. The second-order valence-electron chi connectivity index (χ2n) is 6.37. The number of fused-ring (bicyclic) bond motifs is 1. The molecule has 0 unspecified atom stereocenters. The van der Waals surface area contributed by atoms with Gasteiger partial charge in [-0.15, -0.1) is 5.10 Å². The van der Waals surface area contributed by atoms with Gasteiger partial charge in [0, 0.05) is 24.6 Å². The first-order valence-corrected chi connectivity index (χ1v) is 9.25. The van der Waals surface area contributed by atoms with E-state index in [0.29, 0.717) is 29.6 Å². The predicted octanol–water partition coefficient (Wildman–Crippen LogP) is 2.91. The molecule has 0 spiro atoms. The zero-order chi connectivity index (χ0) is 20.2. The molecule has 0 saturated heterocycles. The number of anilines is 1. The van der Waals surface area contributed by atoms with Gasteiger partial charge in [-0.1, -0.05) is 35.9 Å². The number of carbonyl (C=O) groups is 1. The normalized spacial score (nSPS) is 10.8. The molecule has 0 aliphatic carbocycles. The first-order chi connectivity index (χ1) is 14.1. The summed E-state index contributed by atoms with van der Waals surface area (Å²) in [6.07, 6.45) is 3.29. The molecule has 0 bridgehead atoms. The predicted molar refractivity (Wildman–Crippen MR) is 110 cm³/mol. The van der Waals surface area contributed by atoms with Crippen LogP contribution in [-0.4, -0.2) is 25.2 Å². The molecule has 2 N–H and O–H groups in total. The fourth-order valence-corrected chi connectivity index (χ4v) is 2.97. The van der Waals surface area contributed by atoms with Crippen LogP contribution in [0.2, 0.25) is 5.15 Å². The van der Waals surface area contributed by atoms with Crippen molar-refractivity contribution in [3.63, 3.8) is 0 Å². The van der Waals surface area contributed by atoms with Crippen molar-refractivity contribution in [2.45, 2.75) is 13.1 Å². The molecule has 0 fully saturated rings. The Balaban J connectivity index is 1.41. The summed E-state index contributed by atoms with van der Waals surface area (Å²) in [5, 5.41) is 10.3. The number of nitrogens with zero attached hydrogens (tertiary/aromatic N) is 4. The monoisotopic (exact) mass is 408 g/mol. The van der Waals surface area contributed by atoms with Gasteiger partial charge < -0.3 is 10.6 Å². The van der Waals surface area contributed by atoms with E-state index in [2.05, 4.69) is 20.7 Å². The zero-order valence-corrected chi connectivity index (χ0v) is 16.0. The Labute approximate surface area is 170 Å². The van der Waals surface area contributed by atoms with Gasteiger partial charge >= 0.3 is 11.7 Å². The van der Waals surface area contributed by atoms with Crippen LogP contribution in [0.25, 0.3) is 5.65 Å². The van der Waals surface area contributed by atoms with Gasteiger partial charge in [-0.2, -0.15) is 0 Å². The average molecular weight is 409 g/mol. The van der Waals surface area contributed by atoms with E-state index in [-0.39, 0.29) is 11.7 Å². The maximum atomic E-state index is 12.4. The van der Waals surface area contributed by atoms with Gasteiger partial charge in [-0.3, -0.25) is 4.40 Å². The molecule has 9 heteroatoms. The quantitative estimate of drug-likeness (QED) is 0.496. The number of hydrogen-bond donors (Lipinski definition) is 2. The summed E-state index contributed by atoms with van der Waals surface area (Å²) in [6.45, 7) is 0.625. The molecule has 8 nitrogen and oxygen atoms in total. The van der Waals surface area contributed by atoms with E-state index in [1.807, 2.05) is 18.2 Å². The van der Waals surface area contributed by atoms with E-state index >= 15 is 0 Å². The molecule has 0 aliphatic heterocycles. The lowest BCUT2D eigenvalue weighted by Gasteiger charge is -2.09. The summed E-state index contributed by atoms with van der Waals surface area (Å²) in [5.41, 5.74) is 2.67. The SMILES string of the molecule is O=C(NCc1ccc(Cl)nc1)Nc1cccc(Cn2nc3ccccn3c2=O)c1. The highest BCUT2D eigenvalue weighted by molar-refractivity contribution is 6.29. The van der Waals surface area contributed by atoms with Crippen LogP contribution in [0, 0.1) is 0 Å². The lowest BCUT2D eigenvalue weighted by molar-refractivity contribution is 0.251. The maximum Gasteiger partial charge on any atom is 0.350 e. The first-order valence-electron chi connectivity index (χ1n) is 8.87. The Morgan fingerprint density at radius 2 is 1.97 bits per heavy atom. The number of urea groups is 1. The van der Waals surface area contributed by atoms with E-state index in [1.165, 1.54) is 9.08 Å². The van der Waals surface area contributed by atoms with Crippen LogP contribution in [0.4, 0.5) is 10.5 Å². The standard InChI is InChI=1S/C20H17ClN6O2/c21-17-8-7-15(11-22-17)12-23-19(28)24-16-5-3-4-14(10-16)13-27-20(29)26-9-2-1-6-18(26)25-27/h1-11H,12-13H2,(H2,23,24,28). The molecule has 3 aromatic heterocycles. The van der Waals surface area contributed by atoms with Crippen LogP contribution in [-0.2, 0) is 13.1 Å². The lowest BCUT2D eigenvalue weighted by Crippen LogP contribution is -2.28. The maximum absolute atomic E-state index is 12.4. The van der Waals surface area contributed by atoms with Crippen molar-refractivity contribution in [3.8, 4) is 0 Å². The topological polar surface area (TPSA) is 93.3 Å². The highest BCUT2D eigenvalue weighted by Gasteiger charge is 2.08. The van der Waals surface area contributed by atoms with E-state index in [1.54, 1.807) is 48.8 Å². The molecule has 0 radical (unpaired) electrons. The molecule has 2 amide bonds. The lowest BCUT2D eigenvalue weighted by atomic mass is 10.2. The molecule has 29 heavy (non-hydrogen) atoms. The average Bonchev–Trinajstić information content (AvgIpc) is 3.03. The molecule has 0 atom stereocenters. The van der Waals surface area contributed by atoms with Crippen molar-refractivity contribution in [2.75, 3.05) is 5.32 Å². The summed E-state index contributed by atoms with van der Waals surface area (Å²) in [4.78, 5) is 28.5. The molecular formula is C20H17ClN6O2. The smallest absolute Gasteiger partial charge is 0.334 e. The van der Waals surface area contributed by atoms with Gasteiger partial charge in [-0.05, 0) is 41.5 Å². The number of nitrogens with one attached hydrogen (secondary N) is 2. The number of amides is 2. The number of pyridine rings is 2. The van der Waals surface area contributed by atoms with E-state index in [0.717, 1.165) is 11.1 Å². The zero-order valence-electron chi connectivity index (χ0n) is 15.2. The van der Waals surface area contributed by atoms with Gasteiger partial charge in [0.15, 0.2) is 5.65 Å². The summed E-state index contributed by atoms with van der Waals surface area (Å²) in [6, 6.07) is 15.8. The van der Waals surface area contributed by atoms with Crippen molar-refractivity contribution in [1.29, 1.82) is 0 Å². The third-order valence-electron chi connectivity index (χ3n) is 4.25. The van der Waals surface area contributed by atoms with Crippen LogP contribution in [0.15, 0.2) is 71.8 Å². The Bertz CT molecular complexity index is 1220. The van der Waals surface area contributed by atoms with Crippen LogP contribution in [0.1, 0.15) is 11.1 Å². The third kappa shape index (κ3) is 4.44. The van der Waals surface area contributed by atoms with E-state index in [4.69, 9.17) is 11.6 Å². The van der Waals surface area contributed by atoms with Crippen LogP contribution < -0.4 is 16.3 Å². The minimum absolute atomic E-state index is 0.215. The van der Waals surface area contributed by atoms with Gasteiger partial charge in [0.1, 0.15) is 5.15 Å². The highest BCUT2D eigenvalue weighted by Crippen LogP contribution is 2.12. The minimum atomic E-state index is -0.345. The van der Waals surface area contributed by atoms with Gasteiger partial charge in [-0.25, -0.2) is 19.3 Å². The van der Waals surface area contributed by atoms with Crippen molar-refractivity contribution in [2.24, 2.45) is 0 Å². The van der Waals surface area contributed by atoms with Crippen molar-refractivity contribution < 1.29 is 4.79 Å². The number of halogens is 1. The van der Waals surface area contributed by atoms with Crippen LogP contribution >= 0.6 is 11.6 Å². The number of hydrogen-bond acceptors (Lipinski definition) is 4. The van der Waals surface area contributed by atoms with Crippen LogP contribution in [0.5, 0.6) is 0 Å². The summed E-state index contributed by atoms with van der Waals surface area (Å²) >= 11 is 5.75. The van der Waals surface area contributed by atoms with Crippen LogP contribution in [0.3, 0.4) is 0 Å². The third-order valence-corrected chi connectivity index (χ3v) is 4.47. The van der Waals surface area contributed by atoms with Gasteiger partial charge in [0.05, 0.1) is 6.54 Å². The number of carbonyl (C=O) groups excluding carboxylic acids is 1.